The quantitative estimate of drug-likeness (QED) is 0.385. The van der Waals surface area contributed by atoms with E-state index in [0.717, 1.165) is 58.1 Å². The van der Waals surface area contributed by atoms with Crippen molar-refractivity contribution in [1.82, 2.24) is 15.1 Å². The highest BCUT2D eigenvalue weighted by atomic mass is 127. The Morgan fingerprint density at radius 3 is 2.42 bits per heavy atom. The molecule has 1 N–H and O–H groups in total. The normalized spacial score (nSPS) is 22.3. The van der Waals surface area contributed by atoms with E-state index in [1.807, 2.05) is 23.7 Å². The number of amides is 1. The van der Waals surface area contributed by atoms with Crippen molar-refractivity contribution in [3.05, 3.63) is 0 Å². The number of carbonyl (C=O) groups is 1. The van der Waals surface area contributed by atoms with Crippen molar-refractivity contribution in [2.45, 2.75) is 37.5 Å². The summed E-state index contributed by atoms with van der Waals surface area (Å²) in [5.74, 6) is 1.09. The van der Waals surface area contributed by atoms with Gasteiger partial charge in [0.2, 0.25) is 0 Å². The highest BCUT2D eigenvalue weighted by Gasteiger charge is 2.31. The van der Waals surface area contributed by atoms with Crippen molar-refractivity contribution >= 4 is 47.6 Å². The van der Waals surface area contributed by atoms with Crippen molar-refractivity contribution in [3.8, 4) is 0 Å². The first-order chi connectivity index (χ1) is 11.0. The molecule has 24 heavy (non-hydrogen) atoms. The fourth-order valence-electron chi connectivity index (χ4n) is 2.81. The summed E-state index contributed by atoms with van der Waals surface area (Å²) < 4.78 is 5.68. The van der Waals surface area contributed by atoms with Crippen LogP contribution in [-0.4, -0.2) is 85.2 Å². The lowest BCUT2D eigenvalue weighted by Gasteiger charge is -2.38. The Hall–Kier alpha value is -0.220. The van der Waals surface area contributed by atoms with E-state index in [2.05, 4.69) is 35.3 Å². The molecular formula is C16H31IN4O2S. The first-order valence-electron chi connectivity index (χ1n) is 8.38. The van der Waals surface area contributed by atoms with Gasteiger partial charge in [0, 0.05) is 51.1 Å². The molecule has 8 heteroatoms. The molecule has 0 aromatic heterocycles. The molecule has 2 aliphatic heterocycles. The van der Waals surface area contributed by atoms with Gasteiger partial charge in [0.1, 0.15) is 6.10 Å². The summed E-state index contributed by atoms with van der Waals surface area (Å²) in [4.78, 5) is 20.9. The lowest BCUT2D eigenvalue weighted by atomic mass is 10.2. The molecule has 0 aromatic rings. The summed E-state index contributed by atoms with van der Waals surface area (Å²) in [5, 5.41) is 3.46. The maximum Gasteiger partial charge on any atom is 0.251 e. The Bertz CT molecular complexity index is 434. The Morgan fingerprint density at radius 1 is 1.29 bits per heavy atom. The minimum atomic E-state index is -0.207. The zero-order chi connectivity index (χ0) is 16.9. The van der Waals surface area contributed by atoms with Crippen LogP contribution in [0, 0.1) is 0 Å². The van der Waals surface area contributed by atoms with E-state index in [9.17, 15) is 4.79 Å². The van der Waals surface area contributed by atoms with Crippen molar-refractivity contribution in [2.75, 3.05) is 52.6 Å². The second-order valence-electron chi connectivity index (χ2n) is 6.68. The first-order valence-corrected chi connectivity index (χ1v) is 9.60. The van der Waals surface area contributed by atoms with Crippen molar-refractivity contribution in [2.24, 2.45) is 4.99 Å². The van der Waals surface area contributed by atoms with Crippen LogP contribution >= 0.6 is 35.7 Å². The molecule has 2 rings (SSSR count). The number of thioether (sulfide) groups is 1. The summed E-state index contributed by atoms with van der Waals surface area (Å²) in [6, 6.07) is 0. The molecule has 0 aromatic carbocycles. The number of ether oxygens (including phenoxy) is 1. The van der Waals surface area contributed by atoms with Crippen LogP contribution in [-0.2, 0) is 9.53 Å². The minimum absolute atomic E-state index is 0. The topological polar surface area (TPSA) is 57.2 Å². The largest absolute Gasteiger partial charge is 0.368 e. The Morgan fingerprint density at radius 2 is 1.92 bits per heavy atom. The number of hydrogen-bond donors (Lipinski definition) is 1. The van der Waals surface area contributed by atoms with Gasteiger partial charge in [-0.05, 0) is 32.9 Å². The van der Waals surface area contributed by atoms with E-state index < -0.39 is 0 Å². The third-order valence-corrected chi connectivity index (χ3v) is 5.78. The lowest BCUT2D eigenvalue weighted by Crippen LogP contribution is -2.56. The van der Waals surface area contributed by atoms with Gasteiger partial charge in [-0.2, -0.15) is 11.8 Å². The molecule has 0 aliphatic carbocycles. The number of aliphatic imine (C=N–C) groups is 1. The van der Waals surface area contributed by atoms with E-state index in [1.165, 1.54) is 0 Å². The van der Waals surface area contributed by atoms with Crippen LogP contribution in [0.1, 0.15) is 26.7 Å². The molecule has 140 valence electrons. The fourth-order valence-corrected chi connectivity index (χ4v) is 3.03. The molecule has 2 aliphatic rings. The van der Waals surface area contributed by atoms with Gasteiger partial charge in [-0.1, -0.05) is 0 Å². The molecule has 1 atom stereocenters. The second kappa shape index (κ2) is 10.1. The monoisotopic (exact) mass is 470 g/mol. The second-order valence-corrected chi connectivity index (χ2v) is 8.19. The zero-order valence-electron chi connectivity index (χ0n) is 15.2. The maximum absolute atomic E-state index is 12.4. The van der Waals surface area contributed by atoms with Crippen molar-refractivity contribution in [3.63, 3.8) is 0 Å². The van der Waals surface area contributed by atoms with Crippen molar-refractivity contribution in [1.29, 1.82) is 0 Å². The Balaban J connectivity index is 0.00000288. The lowest BCUT2D eigenvalue weighted by molar-refractivity contribution is -0.142. The first kappa shape index (κ1) is 21.8. The van der Waals surface area contributed by atoms with E-state index in [1.54, 1.807) is 0 Å². The SMILES string of the molecule is CN=C(NCC(C)(C)SC)N1CCN(C(=O)C2CCCO2)CC1.I. The maximum atomic E-state index is 12.4. The zero-order valence-corrected chi connectivity index (χ0v) is 18.4. The highest BCUT2D eigenvalue weighted by molar-refractivity contribution is 14.0. The molecule has 1 amide bonds. The van der Waals surface area contributed by atoms with Gasteiger partial charge in [-0.3, -0.25) is 9.79 Å². The predicted octanol–water partition coefficient (Wildman–Crippen LogP) is 1.64. The number of halogens is 1. The smallest absolute Gasteiger partial charge is 0.251 e. The van der Waals surface area contributed by atoms with Crippen LogP contribution in [0.2, 0.25) is 0 Å². The summed E-state index contributed by atoms with van der Waals surface area (Å²) in [7, 11) is 1.82. The third kappa shape index (κ3) is 5.94. The number of piperazine rings is 1. The van der Waals surface area contributed by atoms with Gasteiger partial charge in [-0.15, -0.1) is 24.0 Å². The molecule has 0 saturated carbocycles. The highest BCUT2D eigenvalue weighted by Crippen LogP contribution is 2.20. The number of rotatable bonds is 4. The number of nitrogens with zero attached hydrogens (tertiary/aromatic N) is 3. The molecule has 2 fully saturated rings. The summed E-state index contributed by atoms with van der Waals surface area (Å²) in [5.41, 5.74) is 0. The molecule has 2 saturated heterocycles. The minimum Gasteiger partial charge on any atom is -0.368 e. The van der Waals surface area contributed by atoms with Gasteiger partial charge < -0.3 is 19.9 Å². The van der Waals surface area contributed by atoms with E-state index >= 15 is 0 Å². The van der Waals surface area contributed by atoms with Gasteiger partial charge in [-0.25, -0.2) is 0 Å². The Kier molecular flexibility index (Phi) is 9.14. The van der Waals surface area contributed by atoms with Gasteiger partial charge in [0.25, 0.3) is 5.91 Å². The van der Waals surface area contributed by atoms with E-state index in [-0.39, 0.29) is 40.7 Å². The summed E-state index contributed by atoms with van der Waals surface area (Å²) >= 11 is 1.84. The van der Waals surface area contributed by atoms with Crippen LogP contribution in [0.4, 0.5) is 0 Å². The molecule has 6 nitrogen and oxygen atoms in total. The fraction of sp³-hybridized carbons (Fsp3) is 0.875. The standard InChI is InChI=1S/C16H30N4O2S.HI/c1-16(2,23-4)12-18-15(17-3)20-9-7-19(8-10-20)14(21)13-6-5-11-22-13;/h13H,5-12H2,1-4H3,(H,17,18);1H. The average Bonchev–Trinajstić information content (AvgIpc) is 3.10. The third-order valence-electron chi connectivity index (χ3n) is 4.53. The molecule has 0 spiro atoms. The van der Waals surface area contributed by atoms with E-state index in [4.69, 9.17) is 4.74 Å². The van der Waals surface area contributed by atoms with Crippen LogP contribution < -0.4 is 5.32 Å². The number of hydrogen-bond acceptors (Lipinski definition) is 4. The summed E-state index contributed by atoms with van der Waals surface area (Å²) in [6.45, 7) is 9.15. The number of carbonyl (C=O) groups excluding carboxylic acids is 1. The van der Waals surface area contributed by atoms with Crippen LogP contribution in [0.25, 0.3) is 0 Å². The molecule has 0 radical (unpaired) electrons. The molecule has 1 unspecified atom stereocenters. The van der Waals surface area contributed by atoms with Gasteiger partial charge >= 0.3 is 0 Å². The van der Waals surface area contributed by atoms with Gasteiger partial charge in [0.15, 0.2) is 5.96 Å². The number of guanidine groups is 1. The van der Waals surface area contributed by atoms with Crippen LogP contribution in [0.5, 0.6) is 0 Å². The molecule has 0 bridgehead atoms. The van der Waals surface area contributed by atoms with Crippen LogP contribution in [0.15, 0.2) is 4.99 Å². The Labute approximate surface area is 167 Å². The average molecular weight is 470 g/mol. The van der Waals surface area contributed by atoms with Gasteiger partial charge in [0.05, 0.1) is 0 Å². The molecule has 2 heterocycles. The predicted molar refractivity (Wildman–Crippen MR) is 111 cm³/mol. The number of nitrogens with one attached hydrogen (secondary N) is 1. The summed E-state index contributed by atoms with van der Waals surface area (Å²) in [6.07, 6.45) is 3.78. The van der Waals surface area contributed by atoms with Crippen LogP contribution in [0.3, 0.4) is 0 Å². The van der Waals surface area contributed by atoms with Crippen molar-refractivity contribution < 1.29 is 9.53 Å². The molecular weight excluding hydrogens is 439 g/mol. The van der Waals surface area contributed by atoms with E-state index in [0.29, 0.717) is 0 Å².